The smallest absolute Gasteiger partial charge is 0.223 e. The normalized spacial score (nSPS) is 17.6. The molecule has 0 bridgehead atoms. The van der Waals surface area contributed by atoms with Crippen molar-refractivity contribution < 1.29 is 9.53 Å². The molecule has 1 heterocycles. The molecule has 1 saturated heterocycles. The SMILES string of the molecule is CCCCCCCCCCCCN1CC(COCCCCC)CC1=O. The predicted octanol–water partition coefficient (Wildman–Crippen LogP) is 5.96. The Morgan fingerprint density at radius 3 is 2.04 bits per heavy atom. The molecule has 3 nitrogen and oxygen atoms in total. The summed E-state index contributed by atoms with van der Waals surface area (Å²) in [5.74, 6) is 0.773. The van der Waals surface area contributed by atoms with Crippen LogP contribution in [-0.4, -0.2) is 37.1 Å². The molecule has 0 aromatic rings. The number of rotatable bonds is 17. The molecule has 1 unspecified atom stereocenters. The van der Waals surface area contributed by atoms with Crippen molar-refractivity contribution in [2.75, 3.05) is 26.3 Å². The number of nitrogens with zero attached hydrogens (tertiary/aromatic N) is 1. The summed E-state index contributed by atoms with van der Waals surface area (Å²) in [5, 5.41) is 0. The first-order valence-electron chi connectivity index (χ1n) is 11.1. The number of likely N-dealkylation sites (tertiary alicyclic amines) is 1. The van der Waals surface area contributed by atoms with E-state index in [0.717, 1.165) is 32.7 Å². The van der Waals surface area contributed by atoms with E-state index < -0.39 is 0 Å². The van der Waals surface area contributed by atoms with Crippen LogP contribution in [0.5, 0.6) is 0 Å². The molecule has 0 aliphatic carbocycles. The highest BCUT2D eigenvalue weighted by Crippen LogP contribution is 2.19. The van der Waals surface area contributed by atoms with E-state index in [4.69, 9.17) is 4.74 Å². The number of amides is 1. The van der Waals surface area contributed by atoms with E-state index in [1.165, 1.54) is 77.0 Å². The van der Waals surface area contributed by atoms with Crippen LogP contribution < -0.4 is 0 Å². The fourth-order valence-corrected chi connectivity index (χ4v) is 3.68. The van der Waals surface area contributed by atoms with Gasteiger partial charge in [0.05, 0.1) is 6.61 Å². The van der Waals surface area contributed by atoms with E-state index in [1.54, 1.807) is 0 Å². The maximum absolute atomic E-state index is 12.1. The van der Waals surface area contributed by atoms with Gasteiger partial charge in [-0.3, -0.25) is 4.79 Å². The lowest BCUT2D eigenvalue weighted by molar-refractivity contribution is -0.127. The number of unbranched alkanes of at least 4 members (excludes halogenated alkanes) is 11. The quantitative estimate of drug-likeness (QED) is 0.302. The van der Waals surface area contributed by atoms with Crippen LogP contribution in [0.3, 0.4) is 0 Å². The number of carbonyl (C=O) groups is 1. The second-order valence-electron chi connectivity index (χ2n) is 7.87. The van der Waals surface area contributed by atoms with Crippen molar-refractivity contribution in [2.45, 2.75) is 104 Å². The fourth-order valence-electron chi connectivity index (χ4n) is 3.68. The monoisotopic (exact) mass is 353 g/mol. The summed E-state index contributed by atoms with van der Waals surface area (Å²) in [5.41, 5.74) is 0. The van der Waals surface area contributed by atoms with Crippen molar-refractivity contribution >= 4 is 5.91 Å². The second-order valence-corrected chi connectivity index (χ2v) is 7.87. The van der Waals surface area contributed by atoms with E-state index in [1.807, 2.05) is 0 Å². The van der Waals surface area contributed by atoms with Crippen molar-refractivity contribution in [3.8, 4) is 0 Å². The van der Waals surface area contributed by atoms with Gasteiger partial charge in [0.2, 0.25) is 5.91 Å². The van der Waals surface area contributed by atoms with Crippen LogP contribution in [0.25, 0.3) is 0 Å². The summed E-state index contributed by atoms with van der Waals surface area (Å²) < 4.78 is 5.74. The highest BCUT2D eigenvalue weighted by Gasteiger charge is 2.28. The van der Waals surface area contributed by atoms with Gasteiger partial charge in [-0.25, -0.2) is 0 Å². The van der Waals surface area contributed by atoms with E-state index in [0.29, 0.717) is 18.2 Å². The van der Waals surface area contributed by atoms with Gasteiger partial charge in [0.1, 0.15) is 0 Å². The third-order valence-electron chi connectivity index (χ3n) is 5.32. The molecule has 1 amide bonds. The summed E-state index contributed by atoms with van der Waals surface area (Å²) >= 11 is 0. The first-order valence-corrected chi connectivity index (χ1v) is 11.1. The van der Waals surface area contributed by atoms with Gasteiger partial charge in [0.25, 0.3) is 0 Å². The van der Waals surface area contributed by atoms with E-state index in [2.05, 4.69) is 18.7 Å². The lowest BCUT2D eigenvalue weighted by atomic mass is 10.1. The molecule has 0 radical (unpaired) electrons. The first kappa shape index (κ1) is 22.5. The summed E-state index contributed by atoms with van der Waals surface area (Å²) in [4.78, 5) is 14.2. The summed E-state index contributed by atoms with van der Waals surface area (Å²) in [6.45, 7) is 7.99. The summed E-state index contributed by atoms with van der Waals surface area (Å²) in [6.07, 6.45) is 17.8. The lowest BCUT2D eigenvalue weighted by Gasteiger charge is -2.16. The van der Waals surface area contributed by atoms with Crippen LogP contribution in [0.2, 0.25) is 0 Å². The summed E-state index contributed by atoms with van der Waals surface area (Å²) in [6, 6.07) is 0. The number of hydrogen-bond acceptors (Lipinski definition) is 2. The molecular weight excluding hydrogens is 310 g/mol. The maximum Gasteiger partial charge on any atom is 0.223 e. The van der Waals surface area contributed by atoms with Crippen LogP contribution in [-0.2, 0) is 9.53 Å². The zero-order valence-electron chi connectivity index (χ0n) is 17.1. The second kappa shape index (κ2) is 15.7. The molecule has 148 valence electrons. The molecule has 1 rings (SSSR count). The van der Waals surface area contributed by atoms with Crippen molar-refractivity contribution in [2.24, 2.45) is 5.92 Å². The molecule has 1 aliphatic heterocycles. The summed E-state index contributed by atoms with van der Waals surface area (Å²) in [7, 11) is 0. The molecular formula is C22H43NO2. The average molecular weight is 354 g/mol. The van der Waals surface area contributed by atoms with Gasteiger partial charge in [-0.2, -0.15) is 0 Å². The molecule has 1 fully saturated rings. The van der Waals surface area contributed by atoms with Crippen LogP contribution in [0.4, 0.5) is 0 Å². The van der Waals surface area contributed by atoms with Crippen LogP contribution >= 0.6 is 0 Å². The Labute approximate surface area is 156 Å². The minimum absolute atomic E-state index is 0.345. The molecule has 1 atom stereocenters. The zero-order chi connectivity index (χ0) is 18.2. The number of carbonyl (C=O) groups excluding carboxylic acids is 1. The van der Waals surface area contributed by atoms with Gasteiger partial charge >= 0.3 is 0 Å². The van der Waals surface area contributed by atoms with E-state index >= 15 is 0 Å². The Balaban J connectivity index is 1.92. The standard InChI is InChI=1S/C22H43NO2/c1-3-5-7-8-9-10-11-12-13-14-16-23-19-21(18-22(23)24)20-25-17-15-6-4-2/h21H,3-20H2,1-2H3. The number of hydrogen-bond donors (Lipinski definition) is 0. The Morgan fingerprint density at radius 2 is 1.40 bits per heavy atom. The fraction of sp³-hybridized carbons (Fsp3) is 0.955. The van der Waals surface area contributed by atoms with Crippen LogP contribution in [0, 0.1) is 5.92 Å². The van der Waals surface area contributed by atoms with Gasteiger partial charge in [-0.15, -0.1) is 0 Å². The van der Waals surface area contributed by atoms with Gasteiger partial charge in [0.15, 0.2) is 0 Å². The minimum atomic E-state index is 0.345. The van der Waals surface area contributed by atoms with Crippen molar-refractivity contribution in [3.05, 3.63) is 0 Å². The van der Waals surface area contributed by atoms with Gasteiger partial charge in [-0.1, -0.05) is 84.5 Å². The highest BCUT2D eigenvalue weighted by molar-refractivity contribution is 5.78. The average Bonchev–Trinajstić information content (AvgIpc) is 2.96. The molecule has 1 aliphatic rings. The van der Waals surface area contributed by atoms with Crippen molar-refractivity contribution in [1.82, 2.24) is 4.90 Å². The minimum Gasteiger partial charge on any atom is -0.381 e. The topological polar surface area (TPSA) is 29.5 Å². The Morgan fingerprint density at radius 1 is 0.840 bits per heavy atom. The van der Waals surface area contributed by atoms with Gasteiger partial charge in [-0.05, 0) is 12.8 Å². The zero-order valence-corrected chi connectivity index (χ0v) is 17.1. The maximum atomic E-state index is 12.1. The molecule has 0 saturated carbocycles. The molecule has 25 heavy (non-hydrogen) atoms. The van der Waals surface area contributed by atoms with Crippen molar-refractivity contribution in [3.63, 3.8) is 0 Å². The number of ether oxygens (including phenoxy) is 1. The van der Waals surface area contributed by atoms with Crippen LogP contribution in [0.15, 0.2) is 0 Å². The molecule has 0 spiro atoms. The Bertz CT molecular complexity index is 319. The lowest BCUT2D eigenvalue weighted by Crippen LogP contribution is -2.26. The molecule has 0 aromatic heterocycles. The highest BCUT2D eigenvalue weighted by atomic mass is 16.5. The van der Waals surface area contributed by atoms with E-state index in [-0.39, 0.29) is 0 Å². The van der Waals surface area contributed by atoms with Gasteiger partial charge in [0, 0.05) is 32.0 Å². The van der Waals surface area contributed by atoms with Crippen molar-refractivity contribution in [1.29, 1.82) is 0 Å². The molecule has 0 N–H and O–H groups in total. The van der Waals surface area contributed by atoms with E-state index in [9.17, 15) is 4.79 Å². The Kier molecular flexibility index (Phi) is 14.1. The molecule has 0 aromatic carbocycles. The molecule has 3 heteroatoms. The largest absolute Gasteiger partial charge is 0.381 e. The Hall–Kier alpha value is -0.570. The third-order valence-corrected chi connectivity index (χ3v) is 5.32. The first-order chi connectivity index (χ1) is 12.3. The third kappa shape index (κ3) is 11.6. The van der Waals surface area contributed by atoms with Crippen LogP contribution in [0.1, 0.15) is 104 Å². The van der Waals surface area contributed by atoms with Gasteiger partial charge < -0.3 is 9.64 Å². The predicted molar refractivity (Wildman–Crippen MR) is 107 cm³/mol.